The lowest BCUT2D eigenvalue weighted by Gasteiger charge is -2.18. The Morgan fingerprint density at radius 1 is 1.39 bits per heavy atom. The summed E-state index contributed by atoms with van der Waals surface area (Å²) in [5.74, 6) is 2.35. The monoisotopic (exact) mass is 267 g/mol. The van der Waals surface area contributed by atoms with Crippen molar-refractivity contribution in [2.45, 2.75) is 18.9 Å². The lowest BCUT2D eigenvalue weighted by atomic mass is 10.0. The fraction of sp³-hybridized carbons (Fsp3) is 0.571. The molecule has 18 heavy (non-hydrogen) atoms. The molecule has 0 amide bonds. The summed E-state index contributed by atoms with van der Waals surface area (Å²) in [6, 6.07) is 8.66. The molecular formula is C14H21NO2S. The molecule has 2 unspecified atom stereocenters. The molecule has 0 spiro atoms. The van der Waals surface area contributed by atoms with Crippen molar-refractivity contribution in [1.29, 1.82) is 0 Å². The summed E-state index contributed by atoms with van der Waals surface area (Å²) in [7, 11) is 0.964. The van der Waals surface area contributed by atoms with Gasteiger partial charge in [0.15, 0.2) is 0 Å². The normalized spacial score (nSPS) is 18.3. The molecule has 2 atom stereocenters. The third kappa shape index (κ3) is 3.82. The molecule has 3 nitrogen and oxygen atoms in total. The Labute approximate surface area is 111 Å². The van der Waals surface area contributed by atoms with Crippen LogP contribution < -0.4 is 10.1 Å². The van der Waals surface area contributed by atoms with Gasteiger partial charge < -0.3 is 10.1 Å². The Kier molecular flexibility index (Phi) is 4.78. The van der Waals surface area contributed by atoms with Gasteiger partial charge in [0, 0.05) is 35.4 Å². The van der Waals surface area contributed by atoms with Gasteiger partial charge in [-0.25, -0.2) is 0 Å². The zero-order chi connectivity index (χ0) is 13.0. The minimum atomic E-state index is -0.719. The molecule has 1 aromatic carbocycles. The van der Waals surface area contributed by atoms with Gasteiger partial charge in [0.05, 0.1) is 7.11 Å². The number of hydrogen-bond acceptors (Lipinski definition) is 3. The van der Waals surface area contributed by atoms with E-state index in [0.29, 0.717) is 6.04 Å². The lowest BCUT2D eigenvalue weighted by molar-refractivity contribution is 0.414. The molecule has 100 valence electrons. The van der Waals surface area contributed by atoms with Crippen LogP contribution >= 0.6 is 0 Å². The summed E-state index contributed by atoms with van der Waals surface area (Å²) < 4.78 is 16.3. The summed E-state index contributed by atoms with van der Waals surface area (Å²) in [6.07, 6.45) is 4.33. The van der Waals surface area contributed by atoms with Gasteiger partial charge in [-0.2, -0.15) is 0 Å². The first-order chi connectivity index (χ1) is 8.70. The van der Waals surface area contributed by atoms with E-state index in [1.165, 1.54) is 18.4 Å². The van der Waals surface area contributed by atoms with Crippen LogP contribution in [0.15, 0.2) is 24.3 Å². The molecule has 1 aliphatic rings. The van der Waals surface area contributed by atoms with E-state index in [9.17, 15) is 4.21 Å². The highest BCUT2D eigenvalue weighted by molar-refractivity contribution is 7.84. The largest absolute Gasteiger partial charge is 0.497 e. The van der Waals surface area contributed by atoms with Crippen molar-refractivity contribution in [3.05, 3.63) is 29.8 Å². The van der Waals surface area contributed by atoms with Crippen LogP contribution in [0.4, 0.5) is 0 Å². The molecule has 4 heteroatoms. The van der Waals surface area contributed by atoms with Gasteiger partial charge in [0.1, 0.15) is 5.75 Å². The number of nitrogens with one attached hydrogen (secondary N) is 1. The Balaban J connectivity index is 1.97. The number of hydrogen-bond donors (Lipinski definition) is 1. The predicted octanol–water partition coefficient (Wildman–Crippen LogP) is 2.11. The van der Waals surface area contributed by atoms with E-state index in [1.807, 2.05) is 12.1 Å². The second-order valence-corrected chi connectivity index (χ2v) is 6.37. The molecule has 0 heterocycles. The van der Waals surface area contributed by atoms with Crippen LogP contribution in [0, 0.1) is 5.92 Å². The molecule has 2 rings (SSSR count). The molecule has 0 aliphatic heterocycles. The van der Waals surface area contributed by atoms with E-state index in [-0.39, 0.29) is 0 Å². The van der Waals surface area contributed by atoms with Crippen LogP contribution in [0.1, 0.15) is 24.4 Å². The van der Waals surface area contributed by atoms with Gasteiger partial charge in [0.25, 0.3) is 0 Å². The number of benzene rings is 1. The highest BCUT2D eigenvalue weighted by atomic mass is 32.2. The van der Waals surface area contributed by atoms with E-state index in [2.05, 4.69) is 17.4 Å². The first-order valence-electron chi connectivity index (χ1n) is 6.38. The van der Waals surface area contributed by atoms with Crippen molar-refractivity contribution in [2.24, 2.45) is 5.92 Å². The zero-order valence-corrected chi connectivity index (χ0v) is 11.8. The number of ether oxygens (including phenoxy) is 1. The Hall–Kier alpha value is -0.870. The quantitative estimate of drug-likeness (QED) is 0.822. The van der Waals surface area contributed by atoms with Gasteiger partial charge in [-0.1, -0.05) is 12.1 Å². The van der Waals surface area contributed by atoms with Crippen molar-refractivity contribution in [3.8, 4) is 5.75 Å². The number of methoxy groups -OCH3 is 1. The van der Waals surface area contributed by atoms with Gasteiger partial charge in [0.2, 0.25) is 0 Å². The summed E-state index contributed by atoms with van der Waals surface area (Å²) in [4.78, 5) is 0. The molecule has 0 radical (unpaired) electrons. The van der Waals surface area contributed by atoms with Crippen LogP contribution in [0.2, 0.25) is 0 Å². The summed E-state index contributed by atoms with van der Waals surface area (Å²) in [5.41, 5.74) is 1.31. The Morgan fingerprint density at radius 3 is 2.56 bits per heavy atom. The average Bonchev–Trinajstić information content (AvgIpc) is 3.19. The smallest absolute Gasteiger partial charge is 0.118 e. The van der Waals surface area contributed by atoms with Crippen LogP contribution in [0.25, 0.3) is 0 Å². The second-order valence-electron chi connectivity index (χ2n) is 4.82. The van der Waals surface area contributed by atoms with Crippen LogP contribution in [-0.2, 0) is 10.8 Å². The van der Waals surface area contributed by atoms with Crippen molar-refractivity contribution in [3.63, 3.8) is 0 Å². The highest BCUT2D eigenvalue weighted by Crippen LogP contribution is 2.41. The van der Waals surface area contributed by atoms with Gasteiger partial charge in [-0.3, -0.25) is 4.21 Å². The molecule has 1 aromatic rings. The first kappa shape index (κ1) is 13.6. The topological polar surface area (TPSA) is 38.3 Å². The predicted molar refractivity (Wildman–Crippen MR) is 75.4 cm³/mol. The summed E-state index contributed by atoms with van der Waals surface area (Å²) in [6.45, 7) is 0.816. The first-order valence-corrected chi connectivity index (χ1v) is 8.11. The van der Waals surface area contributed by atoms with E-state index in [4.69, 9.17) is 4.74 Å². The maximum Gasteiger partial charge on any atom is 0.118 e. The van der Waals surface area contributed by atoms with Crippen molar-refractivity contribution in [2.75, 3.05) is 25.7 Å². The van der Waals surface area contributed by atoms with Crippen molar-refractivity contribution >= 4 is 10.8 Å². The van der Waals surface area contributed by atoms with E-state index < -0.39 is 10.8 Å². The summed E-state index contributed by atoms with van der Waals surface area (Å²) in [5, 5.41) is 3.53. The average molecular weight is 267 g/mol. The fourth-order valence-corrected chi connectivity index (χ4v) is 2.56. The number of rotatable bonds is 7. The van der Waals surface area contributed by atoms with Gasteiger partial charge >= 0.3 is 0 Å². The third-order valence-corrected chi connectivity index (χ3v) is 4.10. The molecule has 0 saturated heterocycles. The van der Waals surface area contributed by atoms with Crippen molar-refractivity contribution < 1.29 is 8.95 Å². The summed E-state index contributed by atoms with van der Waals surface area (Å²) >= 11 is 0. The molecule has 1 N–H and O–H groups in total. The Morgan fingerprint density at radius 2 is 2.06 bits per heavy atom. The van der Waals surface area contributed by atoms with Crippen molar-refractivity contribution in [1.82, 2.24) is 5.32 Å². The molecular weight excluding hydrogens is 246 g/mol. The lowest BCUT2D eigenvalue weighted by Crippen LogP contribution is -2.27. The zero-order valence-electron chi connectivity index (χ0n) is 11.0. The molecule has 1 fully saturated rings. The molecule has 0 bridgehead atoms. The second kappa shape index (κ2) is 6.34. The van der Waals surface area contributed by atoms with E-state index in [1.54, 1.807) is 13.4 Å². The van der Waals surface area contributed by atoms with E-state index in [0.717, 1.165) is 24.0 Å². The molecule has 1 saturated carbocycles. The highest BCUT2D eigenvalue weighted by Gasteiger charge is 2.31. The molecule has 1 aliphatic carbocycles. The minimum absolute atomic E-state index is 0.402. The van der Waals surface area contributed by atoms with Crippen LogP contribution in [0.5, 0.6) is 5.75 Å². The standard InChI is InChI=1S/C14H21NO2S/c1-17-13-7-5-12(6-8-13)14(11-3-4-11)15-9-10-18(2)16/h5-8,11,14-15H,3-4,9-10H2,1-2H3. The molecule has 0 aromatic heterocycles. The van der Waals surface area contributed by atoms with Gasteiger partial charge in [-0.15, -0.1) is 0 Å². The maximum atomic E-state index is 11.1. The Bertz CT molecular complexity index is 401. The van der Waals surface area contributed by atoms with E-state index >= 15 is 0 Å². The van der Waals surface area contributed by atoms with Crippen LogP contribution in [-0.4, -0.2) is 29.9 Å². The minimum Gasteiger partial charge on any atom is -0.497 e. The van der Waals surface area contributed by atoms with Crippen LogP contribution in [0.3, 0.4) is 0 Å². The SMILES string of the molecule is COc1ccc(C(NCCS(C)=O)C2CC2)cc1. The van der Waals surface area contributed by atoms with Gasteiger partial charge in [-0.05, 0) is 36.5 Å². The fourth-order valence-electron chi connectivity index (χ4n) is 2.16. The maximum absolute atomic E-state index is 11.1. The third-order valence-electron chi connectivity index (χ3n) is 3.32.